The quantitative estimate of drug-likeness (QED) is 0.457. The first-order chi connectivity index (χ1) is 17.3. The van der Waals surface area contributed by atoms with E-state index in [-0.39, 0.29) is 67.0 Å². The van der Waals surface area contributed by atoms with Crippen molar-refractivity contribution in [2.45, 2.75) is 38.8 Å². The van der Waals surface area contributed by atoms with Gasteiger partial charge >= 0.3 is 12.4 Å². The van der Waals surface area contributed by atoms with Crippen LogP contribution in [-0.4, -0.2) is 50.2 Å². The average Bonchev–Trinajstić information content (AvgIpc) is 3.26. The van der Waals surface area contributed by atoms with Crippen molar-refractivity contribution in [1.29, 1.82) is 0 Å². The van der Waals surface area contributed by atoms with Crippen LogP contribution in [0, 0.1) is 17.7 Å². The third-order valence-corrected chi connectivity index (χ3v) is 6.98. The predicted molar refractivity (Wildman–Crippen MR) is 117 cm³/mol. The Bertz CT molecular complexity index is 1350. The molecule has 7 nitrogen and oxygen atoms in total. The molecule has 2 aliphatic rings. The highest BCUT2D eigenvalue weighted by Crippen LogP contribution is 2.37. The van der Waals surface area contributed by atoms with Gasteiger partial charge in [-0.2, -0.15) is 26.3 Å². The number of amides is 1. The Balaban J connectivity index is 1.32. The summed E-state index contributed by atoms with van der Waals surface area (Å²) in [5.41, 5.74) is -0.752. The minimum absolute atomic E-state index is 0.00716. The van der Waals surface area contributed by atoms with Crippen molar-refractivity contribution in [3.05, 3.63) is 47.4 Å². The number of rotatable bonds is 2. The van der Waals surface area contributed by atoms with Gasteiger partial charge in [0.1, 0.15) is 0 Å². The topological polar surface area (TPSA) is 67.2 Å². The standard InChI is InChI=1S/C23H21F7N6O/c1-12-10-34(19-15-3-2-13(22(25,26)27)8-17(15)31-9-16(19)24)5-4-14(12)20(37)35-6-7-36-18(11-35)32-33-21(36)23(28,29)30/h2-3,8-9,12,14H,4-7,10-11H2,1H3/t12-,14+/m1/s1. The second kappa shape index (κ2) is 8.84. The van der Waals surface area contributed by atoms with E-state index >= 15 is 0 Å². The minimum Gasteiger partial charge on any atom is -0.368 e. The minimum atomic E-state index is -4.64. The van der Waals surface area contributed by atoms with Crippen LogP contribution in [0.4, 0.5) is 36.4 Å². The second-order valence-corrected chi connectivity index (χ2v) is 9.35. The van der Waals surface area contributed by atoms with Gasteiger partial charge in [-0.3, -0.25) is 9.78 Å². The summed E-state index contributed by atoms with van der Waals surface area (Å²) in [6, 6.07) is 2.95. The van der Waals surface area contributed by atoms with Crippen LogP contribution in [0.2, 0.25) is 0 Å². The first kappa shape index (κ1) is 25.2. The van der Waals surface area contributed by atoms with Crippen LogP contribution in [0.5, 0.6) is 0 Å². The van der Waals surface area contributed by atoms with E-state index in [1.807, 2.05) is 6.92 Å². The molecule has 0 spiro atoms. The molecule has 0 unspecified atom stereocenters. The van der Waals surface area contributed by atoms with Gasteiger partial charge in [-0.25, -0.2) is 4.39 Å². The normalized spacial score (nSPS) is 20.9. The number of pyridine rings is 1. The number of hydrogen-bond acceptors (Lipinski definition) is 5. The van der Waals surface area contributed by atoms with Gasteiger partial charge in [-0.05, 0) is 24.5 Å². The number of nitrogens with zero attached hydrogens (tertiary/aromatic N) is 6. The van der Waals surface area contributed by atoms with E-state index in [1.165, 1.54) is 11.0 Å². The van der Waals surface area contributed by atoms with Gasteiger partial charge in [0.25, 0.3) is 0 Å². The highest BCUT2D eigenvalue weighted by molar-refractivity contribution is 5.92. The van der Waals surface area contributed by atoms with E-state index in [0.29, 0.717) is 6.42 Å². The smallest absolute Gasteiger partial charge is 0.368 e. The monoisotopic (exact) mass is 530 g/mol. The third-order valence-electron chi connectivity index (χ3n) is 6.98. The molecule has 198 valence electrons. The molecule has 37 heavy (non-hydrogen) atoms. The number of anilines is 1. The lowest BCUT2D eigenvalue weighted by Crippen LogP contribution is -2.49. The fourth-order valence-corrected chi connectivity index (χ4v) is 5.16. The third kappa shape index (κ3) is 4.57. The molecular weight excluding hydrogens is 509 g/mol. The Labute approximate surface area is 205 Å². The fraction of sp³-hybridized carbons (Fsp3) is 0.478. The number of hydrogen-bond donors (Lipinski definition) is 0. The molecule has 0 aliphatic carbocycles. The van der Waals surface area contributed by atoms with E-state index in [4.69, 9.17) is 0 Å². The molecule has 14 heteroatoms. The second-order valence-electron chi connectivity index (χ2n) is 9.35. The Morgan fingerprint density at radius 3 is 2.46 bits per heavy atom. The summed E-state index contributed by atoms with van der Waals surface area (Å²) in [6.07, 6.45) is -7.98. The zero-order valence-electron chi connectivity index (χ0n) is 19.4. The molecule has 2 aliphatic heterocycles. The summed E-state index contributed by atoms with van der Waals surface area (Å²) in [6.45, 7) is 2.23. The van der Waals surface area contributed by atoms with Crippen LogP contribution >= 0.6 is 0 Å². The van der Waals surface area contributed by atoms with E-state index in [0.717, 1.165) is 22.9 Å². The summed E-state index contributed by atoms with van der Waals surface area (Å²) in [5.74, 6) is -2.67. The van der Waals surface area contributed by atoms with Crippen molar-refractivity contribution in [2.24, 2.45) is 11.8 Å². The van der Waals surface area contributed by atoms with Gasteiger partial charge in [0, 0.05) is 37.5 Å². The van der Waals surface area contributed by atoms with Crippen molar-refractivity contribution in [1.82, 2.24) is 24.6 Å². The molecule has 2 aromatic heterocycles. The van der Waals surface area contributed by atoms with E-state index < -0.39 is 35.5 Å². The molecule has 0 N–H and O–H groups in total. The summed E-state index contributed by atoms with van der Waals surface area (Å²) in [4.78, 5) is 20.2. The van der Waals surface area contributed by atoms with E-state index in [9.17, 15) is 35.5 Å². The zero-order valence-corrected chi connectivity index (χ0v) is 19.4. The predicted octanol–water partition coefficient (Wildman–Crippen LogP) is 4.51. The van der Waals surface area contributed by atoms with Gasteiger partial charge < -0.3 is 14.4 Å². The molecule has 2 atom stereocenters. The lowest BCUT2D eigenvalue weighted by Gasteiger charge is -2.40. The number of carbonyl (C=O) groups excluding carboxylic acids is 1. The number of fused-ring (bicyclic) bond motifs is 2. The number of piperidine rings is 1. The molecule has 0 bridgehead atoms. The largest absolute Gasteiger partial charge is 0.451 e. The van der Waals surface area contributed by atoms with Gasteiger partial charge in [0.15, 0.2) is 11.6 Å². The van der Waals surface area contributed by atoms with Gasteiger partial charge in [-0.15, -0.1) is 10.2 Å². The molecule has 1 saturated heterocycles. The van der Waals surface area contributed by atoms with Crippen LogP contribution in [0.25, 0.3) is 10.9 Å². The van der Waals surface area contributed by atoms with Crippen molar-refractivity contribution in [3.8, 4) is 0 Å². The maximum absolute atomic E-state index is 14.8. The van der Waals surface area contributed by atoms with Crippen molar-refractivity contribution in [2.75, 3.05) is 24.5 Å². The summed E-state index contributed by atoms with van der Waals surface area (Å²) < 4.78 is 94.4. The Hall–Kier alpha value is -3.45. The fourth-order valence-electron chi connectivity index (χ4n) is 5.16. The number of benzene rings is 1. The first-order valence-electron chi connectivity index (χ1n) is 11.5. The summed E-state index contributed by atoms with van der Waals surface area (Å²) in [5, 5.41) is 7.07. The van der Waals surface area contributed by atoms with Gasteiger partial charge in [-0.1, -0.05) is 13.0 Å². The Morgan fingerprint density at radius 2 is 1.78 bits per heavy atom. The van der Waals surface area contributed by atoms with Crippen molar-refractivity contribution < 1.29 is 35.5 Å². The van der Waals surface area contributed by atoms with Crippen molar-refractivity contribution in [3.63, 3.8) is 0 Å². The maximum Gasteiger partial charge on any atom is 0.451 e. The van der Waals surface area contributed by atoms with Gasteiger partial charge in [0.05, 0.1) is 29.5 Å². The van der Waals surface area contributed by atoms with Crippen LogP contribution < -0.4 is 4.90 Å². The number of aromatic nitrogens is 4. The van der Waals surface area contributed by atoms with Crippen LogP contribution in [-0.2, 0) is 30.2 Å². The molecule has 0 radical (unpaired) electrons. The molecule has 1 fully saturated rings. The number of carbonyl (C=O) groups is 1. The van der Waals surface area contributed by atoms with E-state index in [2.05, 4.69) is 15.2 Å². The molecular formula is C23H21F7N6O. The summed E-state index contributed by atoms with van der Waals surface area (Å²) >= 11 is 0. The van der Waals surface area contributed by atoms with Gasteiger partial charge in [0.2, 0.25) is 11.7 Å². The molecule has 4 heterocycles. The lowest BCUT2D eigenvalue weighted by atomic mass is 9.85. The van der Waals surface area contributed by atoms with E-state index in [1.54, 1.807) is 4.90 Å². The molecule has 1 aromatic carbocycles. The molecule has 0 saturated carbocycles. The highest BCUT2D eigenvalue weighted by Gasteiger charge is 2.41. The number of alkyl halides is 6. The van der Waals surface area contributed by atoms with Crippen molar-refractivity contribution >= 4 is 22.5 Å². The first-order valence-corrected chi connectivity index (χ1v) is 11.5. The Morgan fingerprint density at radius 1 is 1.03 bits per heavy atom. The molecule has 1 amide bonds. The molecule has 5 rings (SSSR count). The zero-order chi connectivity index (χ0) is 26.7. The SMILES string of the molecule is C[C@@H]1CN(c2c(F)cnc3cc(C(F)(F)F)ccc23)CC[C@@H]1C(=O)N1CCn2c(nnc2C(F)(F)F)C1. The lowest BCUT2D eigenvalue weighted by molar-refractivity contribution is -0.148. The van der Waals surface area contributed by atoms with Crippen LogP contribution in [0.15, 0.2) is 24.4 Å². The van der Waals surface area contributed by atoms with Crippen LogP contribution in [0.1, 0.15) is 30.6 Å². The highest BCUT2D eigenvalue weighted by atomic mass is 19.4. The molecule has 3 aromatic rings. The summed E-state index contributed by atoms with van der Waals surface area (Å²) in [7, 11) is 0. The maximum atomic E-state index is 14.8. The average molecular weight is 530 g/mol. The number of halogens is 7. The van der Waals surface area contributed by atoms with Crippen LogP contribution in [0.3, 0.4) is 0 Å². The Kier molecular flexibility index (Phi) is 6.02.